The Morgan fingerprint density at radius 3 is 2.42 bits per heavy atom. The molecule has 8 nitrogen and oxygen atoms in total. The van der Waals surface area contributed by atoms with Crippen LogP contribution >= 0.6 is 11.6 Å². The minimum atomic E-state index is -4.45. The molecular weight excluding hydrogens is 499 g/mol. The average Bonchev–Trinajstić information content (AvgIpc) is 2.86. The van der Waals surface area contributed by atoms with Gasteiger partial charge in [-0.05, 0) is 18.2 Å². The normalized spacial score (nSPS) is 16.6. The molecule has 2 aliphatic heterocycles. The third-order valence-electron chi connectivity index (χ3n) is 6.01. The van der Waals surface area contributed by atoms with Crippen molar-refractivity contribution in [3.63, 3.8) is 0 Å². The summed E-state index contributed by atoms with van der Waals surface area (Å²) >= 11 is 6.37. The maximum Gasteiger partial charge on any atom is 0.416 e. The number of nitrogens with zero attached hydrogens (tertiary/aromatic N) is 5. The number of likely N-dealkylation sites (tertiary alicyclic amines) is 1. The van der Waals surface area contributed by atoms with Gasteiger partial charge in [0.25, 0.3) is 0 Å². The first-order chi connectivity index (χ1) is 17.3. The lowest BCUT2D eigenvalue weighted by atomic mass is 10.00. The van der Waals surface area contributed by atoms with Crippen molar-refractivity contribution in [1.82, 2.24) is 25.0 Å². The summed E-state index contributed by atoms with van der Waals surface area (Å²) in [6, 6.07) is 7.95. The van der Waals surface area contributed by atoms with Gasteiger partial charge in [0.2, 0.25) is 5.88 Å². The van der Waals surface area contributed by atoms with Gasteiger partial charge in [-0.2, -0.15) is 13.2 Å². The number of carbonyl (C=O) groups is 1. The first-order valence-electron chi connectivity index (χ1n) is 11.2. The van der Waals surface area contributed by atoms with E-state index < -0.39 is 11.7 Å². The lowest BCUT2D eigenvalue weighted by molar-refractivity contribution is -0.137. The van der Waals surface area contributed by atoms with Gasteiger partial charge < -0.3 is 19.3 Å². The van der Waals surface area contributed by atoms with Crippen molar-refractivity contribution in [3.05, 3.63) is 59.4 Å². The van der Waals surface area contributed by atoms with E-state index in [1.165, 1.54) is 18.3 Å². The molecule has 188 valence electrons. The van der Waals surface area contributed by atoms with Crippen LogP contribution in [0.4, 0.5) is 18.0 Å². The van der Waals surface area contributed by atoms with E-state index in [0.29, 0.717) is 66.8 Å². The van der Waals surface area contributed by atoms with Crippen LogP contribution in [0.15, 0.2) is 48.8 Å². The average molecular weight is 520 g/mol. The predicted octanol–water partition coefficient (Wildman–Crippen LogP) is 4.39. The zero-order valence-electron chi connectivity index (χ0n) is 18.9. The fourth-order valence-corrected chi connectivity index (χ4v) is 4.28. The Hall–Kier alpha value is -3.44. The second-order valence-corrected chi connectivity index (χ2v) is 8.81. The van der Waals surface area contributed by atoms with Gasteiger partial charge in [0, 0.05) is 48.2 Å². The molecule has 0 saturated carbocycles. The standard InChI is InChI=1S/C24H21ClF3N5O3/c25-20-12-29-6-5-18(20)19-11-21(30-31-22(19)15-1-3-16(4-2-15)24(26,27)28)36-17-13-33(14-17)23(34)32-7-9-35-10-8-32/h1-6,11-12,17H,7-10,13-14H2. The first-order valence-corrected chi connectivity index (χ1v) is 11.6. The van der Waals surface area contributed by atoms with Gasteiger partial charge in [0.05, 0.1) is 36.9 Å². The SMILES string of the molecule is O=C(N1CCOCC1)N1CC(Oc2cc(-c3ccncc3Cl)c(-c3ccc(C(F)(F)F)cc3)nn2)C1. The van der Waals surface area contributed by atoms with Crippen LogP contribution in [0.1, 0.15) is 5.56 Å². The van der Waals surface area contributed by atoms with Crippen LogP contribution in [-0.2, 0) is 10.9 Å². The summed E-state index contributed by atoms with van der Waals surface area (Å²) in [4.78, 5) is 20.0. The highest BCUT2D eigenvalue weighted by Gasteiger charge is 2.36. The lowest BCUT2D eigenvalue weighted by Gasteiger charge is -2.42. The van der Waals surface area contributed by atoms with E-state index >= 15 is 0 Å². The van der Waals surface area contributed by atoms with Crippen molar-refractivity contribution < 1.29 is 27.4 Å². The molecule has 2 fully saturated rings. The fraction of sp³-hybridized carbons (Fsp3) is 0.333. The summed E-state index contributed by atoms with van der Waals surface area (Å²) in [5, 5.41) is 8.74. The van der Waals surface area contributed by atoms with E-state index in [4.69, 9.17) is 21.1 Å². The third-order valence-corrected chi connectivity index (χ3v) is 6.31. The lowest BCUT2D eigenvalue weighted by Crippen LogP contribution is -2.60. The van der Waals surface area contributed by atoms with Gasteiger partial charge in [-0.1, -0.05) is 23.7 Å². The number of hydrogen-bond donors (Lipinski definition) is 0. The molecular formula is C24H21ClF3N5O3. The number of ether oxygens (including phenoxy) is 2. The van der Waals surface area contributed by atoms with Crippen molar-refractivity contribution >= 4 is 17.6 Å². The van der Waals surface area contributed by atoms with Gasteiger partial charge >= 0.3 is 12.2 Å². The number of rotatable bonds is 4. The number of halogens is 4. The molecule has 2 saturated heterocycles. The predicted molar refractivity (Wildman–Crippen MR) is 124 cm³/mol. The second-order valence-electron chi connectivity index (χ2n) is 8.40. The summed E-state index contributed by atoms with van der Waals surface area (Å²) in [5.74, 6) is 0.219. The zero-order valence-corrected chi connectivity index (χ0v) is 19.7. The minimum Gasteiger partial charge on any atom is -0.469 e. The zero-order chi connectivity index (χ0) is 25.3. The van der Waals surface area contributed by atoms with Crippen LogP contribution in [0.2, 0.25) is 5.02 Å². The number of aromatic nitrogens is 3. The van der Waals surface area contributed by atoms with Crippen LogP contribution in [0.25, 0.3) is 22.4 Å². The third kappa shape index (κ3) is 5.07. The summed E-state index contributed by atoms with van der Waals surface area (Å²) in [6.45, 7) is 3.00. The van der Waals surface area contributed by atoms with Crippen LogP contribution in [0.3, 0.4) is 0 Å². The highest BCUT2D eigenvalue weighted by atomic mass is 35.5. The summed E-state index contributed by atoms with van der Waals surface area (Å²) in [5.41, 5.74) is 1.15. The van der Waals surface area contributed by atoms with Gasteiger partial charge in [-0.3, -0.25) is 4.98 Å². The molecule has 12 heteroatoms. The van der Waals surface area contributed by atoms with E-state index in [9.17, 15) is 18.0 Å². The van der Waals surface area contributed by atoms with Crippen LogP contribution in [0.5, 0.6) is 5.88 Å². The molecule has 0 unspecified atom stereocenters. The quantitative estimate of drug-likeness (QED) is 0.508. The Morgan fingerprint density at radius 2 is 1.75 bits per heavy atom. The Bertz CT molecular complexity index is 1250. The Balaban J connectivity index is 1.36. The van der Waals surface area contributed by atoms with Gasteiger partial charge in [-0.15, -0.1) is 10.2 Å². The number of benzene rings is 1. The molecule has 4 heterocycles. The molecule has 0 radical (unpaired) electrons. The van der Waals surface area contributed by atoms with Crippen molar-refractivity contribution in [2.75, 3.05) is 39.4 Å². The number of hydrogen-bond acceptors (Lipinski definition) is 6. The number of pyridine rings is 1. The topological polar surface area (TPSA) is 80.7 Å². The number of alkyl halides is 3. The molecule has 3 aromatic rings. The fourth-order valence-electron chi connectivity index (χ4n) is 4.05. The molecule has 5 rings (SSSR count). The Labute approximate surface area is 209 Å². The largest absolute Gasteiger partial charge is 0.469 e. The van der Waals surface area contributed by atoms with Crippen molar-refractivity contribution in [2.24, 2.45) is 0 Å². The van der Waals surface area contributed by atoms with E-state index in [1.54, 1.807) is 28.1 Å². The molecule has 36 heavy (non-hydrogen) atoms. The molecule has 0 spiro atoms. The first kappa shape index (κ1) is 24.3. The van der Waals surface area contributed by atoms with Crippen molar-refractivity contribution in [3.8, 4) is 28.3 Å². The number of urea groups is 1. The van der Waals surface area contributed by atoms with Crippen molar-refractivity contribution in [2.45, 2.75) is 12.3 Å². The molecule has 0 bridgehead atoms. The monoisotopic (exact) mass is 519 g/mol. The number of carbonyl (C=O) groups excluding carboxylic acids is 1. The van der Waals surface area contributed by atoms with Gasteiger partial charge in [0.15, 0.2) is 0 Å². The van der Waals surface area contributed by atoms with Crippen molar-refractivity contribution in [1.29, 1.82) is 0 Å². The molecule has 0 aliphatic carbocycles. The van der Waals surface area contributed by atoms with Crippen LogP contribution in [0, 0.1) is 0 Å². The molecule has 2 aromatic heterocycles. The smallest absolute Gasteiger partial charge is 0.416 e. The Kier molecular flexibility index (Phi) is 6.67. The second kappa shape index (κ2) is 9.90. The summed E-state index contributed by atoms with van der Waals surface area (Å²) in [6.07, 6.45) is -1.68. The maximum atomic E-state index is 13.0. The molecule has 0 N–H and O–H groups in total. The number of amides is 2. The summed E-state index contributed by atoms with van der Waals surface area (Å²) < 4.78 is 50.3. The van der Waals surface area contributed by atoms with E-state index in [1.807, 2.05) is 0 Å². The van der Waals surface area contributed by atoms with E-state index in [2.05, 4.69) is 15.2 Å². The van der Waals surface area contributed by atoms with Gasteiger partial charge in [0.1, 0.15) is 11.8 Å². The minimum absolute atomic E-state index is 0.0499. The molecule has 2 amide bonds. The van der Waals surface area contributed by atoms with E-state index in [-0.39, 0.29) is 18.0 Å². The van der Waals surface area contributed by atoms with Crippen LogP contribution in [-0.4, -0.2) is 76.5 Å². The highest BCUT2D eigenvalue weighted by molar-refractivity contribution is 6.33. The molecule has 2 aliphatic rings. The number of morpholine rings is 1. The van der Waals surface area contributed by atoms with Gasteiger partial charge in [-0.25, -0.2) is 4.79 Å². The maximum absolute atomic E-state index is 13.0. The molecule has 1 aromatic carbocycles. The van der Waals surface area contributed by atoms with Crippen LogP contribution < -0.4 is 4.74 Å². The Morgan fingerprint density at radius 1 is 1.03 bits per heavy atom. The summed E-state index contributed by atoms with van der Waals surface area (Å²) in [7, 11) is 0. The molecule has 0 atom stereocenters. The van der Waals surface area contributed by atoms with E-state index in [0.717, 1.165) is 12.1 Å². The highest BCUT2D eigenvalue weighted by Crippen LogP contribution is 2.37.